The number of hydrogen-bond donors (Lipinski definition) is 2. The second-order valence-electron chi connectivity index (χ2n) is 7.78. The van der Waals surface area contributed by atoms with E-state index in [2.05, 4.69) is 10.3 Å². The van der Waals surface area contributed by atoms with E-state index in [4.69, 9.17) is 11.6 Å². The van der Waals surface area contributed by atoms with Crippen LogP contribution in [0.1, 0.15) is 41.6 Å². The summed E-state index contributed by atoms with van der Waals surface area (Å²) in [5, 5.41) is 4.52. The fourth-order valence-corrected chi connectivity index (χ4v) is 5.28. The number of pyridine rings is 1. The van der Waals surface area contributed by atoms with E-state index >= 15 is 0 Å². The molecule has 5 nitrogen and oxygen atoms in total. The summed E-state index contributed by atoms with van der Waals surface area (Å²) >= 11 is 7.25. The molecule has 0 radical (unpaired) electrons. The number of aromatic amines is 1. The van der Waals surface area contributed by atoms with Crippen LogP contribution in [0.2, 0.25) is 5.02 Å². The molecule has 160 valence electrons. The first kappa shape index (κ1) is 21.7. The van der Waals surface area contributed by atoms with Crippen LogP contribution in [0, 0.1) is 0 Å². The van der Waals surface area contributed by atoms with E-state index < -0.39 is 6.04 Å². The Labute approximate surface area is 189 Å². The number of aromatic nitrogens is 1. The molecule has 1 unspecified atom stereocenters. The molecule has 31 heavy (non-hydrogen) atoms. The summed E-state index contributed by atoms with van der Waals surface area (Å²) in [5.74, 6) is -0.337. The summed E-state index contributed by atoms with van der Waals surface area (Å²) < 4.78 is 0. The van der Waals surface area contributed by atoms with Gasteiger partial charge < -0.3 is 10.3 Å². The Morgan fingerprint density at radius 3 is 2.55 bits per heavy atom. The summed E-state index contributed by atoms with van der Waals surface area (Å²) in [6.45, 7) is 0. The lowest BCUT2D eigenvalue weighted by atomic mass is 10.0. The van der Waals surface area contributed by atoms with Gasteiger partial charge in [-0.25, -0.2) is 0 Å². The summed E-state index contributed by atoms with van der Waals surface area (Å²) in [6.07, 6.45) is 4.55. The smallest absolute Gasteiger partial charge is 0.251 e. The van der Waals surface area contributed by atoms with Crippen molar-refractivity contribution in [3.8, 4) is 0 Å². The zero-order valence-electron chi connectivity index (χ0n) is 16.9. The number of nitrogens with one attached hydrogen (secondary N) is 2. The van der Waals surface area contributed by atoms with Crippen LogP contribution in [0.4, 0.5) is 0 Å². The fourth-order valence-electron chi connectivity index (χ4n) is 3.95. The molecule has 2 aromatic carbocycles. The van der Waals surface area contributed by atoms with Crippen LogP contribution in [-0.2, 0) is 11.2 Å². The fraction of sp³-hybridized carbons (Fsp3) is 0.292. The molecular weight excluding hydrogens is 432 g/mol. The minimum atomic E-state index is -0.737. The lowest BCUT2D eigenvalue weighted by Crippen LogP contribution is -2.42. The quantitative estimate of drug-likeness (QED) is 0.564. The highest BCUT2D eigenvalue weighted by atomic mass is 35.5. The summed E-state index contributed by atoms with van der Waals surface area (Å²) in [6, 6.07) is 14.8. The molecule has 1 aromatic heterocycles. The van der Waals surface area contributed by atoms with Crippen LogP contribution in [0.3, 0.4) is 0 Å². The average Bonchev–Trinajstić information content (AvgIpc) is 3.26. The summed E-state index contributed by atoms with van der Waals surface area (Å²) in [5.41, 5.74) is 1.65. The third-order valence-electron chi connectivity index (χ3n) is 5.54. The molecule has 1 amide bonds. The van der Waals surface area contributed by atoms with Crippen molar-refractivity contribution in [2.45, 2.75) is 43.4 Å². The van der Waals surface area contributed by atoms with Crippen molar-refractivity contribution in [2.24, 2.45) is 0 Å². The van der Waals surface area contributed by atoms with Crippen LogP contribution in [-0.4, -0.2) is 27.3 Å². The van der Waals surface area contributed by atoms with Gasteiger partial charge in [-0.2, -0.15) is 0 Å². The number of H-pyrrole nitrogens is 1. The summed E-state index contributed by atoms with van der Waals surface area (Å²) in [7, 11) is 0. The van der Waals surface area contributed by atoms with Crippen molar-refractivity contribution in [2.75, 3.05) is 0 Å². The van der Waals surface area contributed by atoms with Crippen molar-refractivity contribution < 1.29 is 9.59 Å². The van der Waals surface area contributed by atoms with Gasteiger partial charge in [0.15, 0.2) is 0 Å². The van der Waals surface area contributed by atoms with E-state index in [1.165, 1.54) is 17.8 Å². The van der Waals surface area contributed by atoms with Gasteiger partial charge >= 0.3 is 0 Å². The van der Waals surface area contributed by atoms with E-state index in [0.717, 1.165) is 36.6 Å². The zero-order chi connectivity index (χ0) is 21.8. The van der Waals surface area contributed by atoms with Crippen molar-refractivity contribution >= 4 is 45.3 Å². The molecule has 1 aliphatic rings. The van der Waals surface area contributed by atoms with Gasteiger partial charge in [-0.15, -0.1) is 0 Å². The van der Waals surface area contributed by atoms with Crippen LogP contribution in [0.15, 0.2) is 59.4 Å². The topological polar surface area (TPSA) is 79.0 Å². The number of amides is 1. The molecule has 1 atom stereocenters. The Hall–Kier alpha value is -2.57. The normalized spacial score (nSPS) is 15.1. The molecule has 0 saturated heterocycles. The van der Waals surface area contributed by atoms with Crippen molar-refractivity contribution in [3.63, 3.8) is 0 Å². The number of carbonyl (C=O) groups excluding carboxylic acids is 2. The predicted molar refractivity (Wildman–Crippen MR) is 126 cm³/mol. The lowest BCUT2D eigenvalue weighted by Gasteiger charge is -2.20. The van der Waals surface area contributed by atoms with E-state index in [-0.39, 0.29) is 23.0 Å². The SMILES string of the molecule is O=C(NC(Cc1cc(=O)[nH]c2ccccc12)C(=O)SC1CCCC1)c1ccc(Cl)cc1. The standard InChI is InChI=1S/C24H23ClN2O3S/c25-17-11-9-15(10-12-17)23(29)27-21(24(30)31-18-5-1-2-6-18)13-16-14-22(28)26-20-8-4-3-7-19(16)20/h3-4,7-12,14,18,21H,1-2,5-6,13H2,(H,26,28)(H,27,29). The molecule has 1 aliphatic carbocycles. The number of rotatable bonds is 6. The second kappa shape index (κ2) is 9.71. The molecule has 2 N–H and O–H groups in total. The van der Waals surface area contributed by atoms with Crippen LogP contribution < -0.4 is 10.9 Å². The first-order chi connectivity index (χ1) is 15.0. The average molecular weight is 455 g/mol. The monoisotopic (exact) mass is 454 g/mol. The van der Waals surface area contributed by atoms with E-state index in [1.54, 1.807) is 24.3 Å². The largest absolute Gasteiger partial charge is 0.341 e. The van der Waals surface area contributed by atoms with Gasteiger partial charge in [0.25, 0.3) is 5.91 Å². The van der Waals surface area contributed by atoms with E-state index in [1.807, 2.05) is 24.3 Å². The van der Waals surface area contributed by atoms with Gasteiger partial charge in [0.2, 0.25) is 10.7 Å². The zero-order valence-corrected chi connectivity index (χ0v) is 18.5. The number of benzene rings is 2. The molecule has 7 heteroatoms. The van der Waals surface area contributed by atoms with Crippen molar-refractivity contribution in [1.82, 2.24) is 10.3 Å². The molecule has 0 spiro atoms. The van der Waals surface area contributed by atoms with E-state index in [9.17, 15) is 14.4 Å². The Morgan fingerprint density at radius 1 is 1.10 bits per heavy atom. The highest BCUT2D eigenvalue weighted by molar-refractivity contribution is 8.14. The number of fused-ring (bicyclic) bond motifs is 1. The first-order valence-electron chi connectivity index (χ1n) is 10.4. The third-order valence-corrected chi connectivity index (χ3v) is 7.12. The van der Waals surface area contributed by atoms with Gasteiger partial charge in [-0.3, -0.25) is 14.4 Å². The Kier molecular flexibility index (Phi) is 6.78. The Balaban J connectivity index is 1.62. The Bertz CT molecular complexity index is 1150. The van der Waals surface area contributed by atoms with Gasteiger partial charge in [-0.05, 0) is 48.7 Å². The van der Waals surface area contributed by atoms with Crippen LogP contribution >= 0.6 is 23.4 Å². The number of hydrogen-bond acceptors (Lipinski definition) is 4. The second-order valence-corrected chi connectivity index (χ2v) is 9.53. The number of thioether (sulfide) groups is 1. The van der Waals surface area contributed by atoms with Gasteiger partial charge in [0.1, 0.15) is 6.04 Å². The van der Waals surface area contributed by atoms with E-state index in [0.29, 0.717) is 21.4 Å². The van der Waals surface area contributed by atoms with Crippen molar-refractivity contribution in [1.29, 1.82) is 0 Å². The van der Waals surface area contributed by atoms with Crippen LogP contribution in [0.5, 0.6) is 0 Å². The highest BCUT2D eigenvalue weighted by Gasteiger charge is 2.27. The van der Waals surface area contributed by atoms with Crippen molar-refractivity contribution in [3.05, 3.63) is 81.1 Å². The number of carbonyl (C=O) groups is 2. The van der Waals surface area contributed by atoms with Gasteiger partial charge in [-0.1, -0.05) is 54.4 Å². The summed E-state index contributed by atoms with van der Waals surface area (Å²) in [4.78, 5) is 41.0. The molecule has 1 heterocycles. The predicted octanol–water partition coefficient (Wildman–Crippen LogP) is 4.73. The molecule has 0 bridgehead atoms. The molecule has 3 aromatic rings. The Morgan fingerprint density at radius 2 is 1.81 bits per heavy atom. The molecular formula is C24H23ClN2O3S. The molecule has 1 fully saturated rings. The number of para-hydroxylation sites is 1. The van der Waals surface area contributed by atoms with Gasteiger partial charge in [0.05, 0.1) is 0 Å². The number of halogens is 1. The lowest BCUT2D eigenvalue weighted by molar-refractivity contribution is -0.112. The first-order valence-corrected chi connectivity index (χ1v) is 11.6. The molecule has 0 aliphatic heterocycles. The minimum Gasteiger partial charge on any atom is -0.341 e. The third kappa shape index (κ3) is 5.38. The maximum Gasteiger partial charge on any atom is 0.251 e. The maximum absolute atomic E-state index is 13.2. The maximum atomic E-state index is 13.2. The molecule has 1 saturated carbocycles. The van der Waals surface area contributed by atoms with Gasteiger partial charge in [0, 0.05) is 39.2 Å². The molecule has 4 rings (SSSR count). The van der Waals surface area contributed by atoms with Crippen LogP contribution in [0.25, 0.3) is 10.9 Å². The minimum absolute atomic E-state index is 0.0708. The highest BCUT2D eigenvalue weighted by Crippen LogP contribution is 2.31.